The van der Waals surface area contributed by atoms with Gasteiger partial charge in [-0.3, -0.25) is 4.57 Å². The van der Waals surface area contributed by atoms with E-state index in [0.29, 0.717) is 25.2 Å². The molecule has 2 aromatic heterocycles. The summed E-state index contributed by atoms with van der Waals surface area (Å²) >= 11 is 0. The molecule has 0 aliphatic heterocycles. The van der Waals surface area contributed by atoms with E-state index in [0.717, 1.165) is 53.8 Å². The smallest absolute Gasteiger partial charge is 0.274 e. The van der Waals surface area contributed by atoms with Gasteiger partial charge in [0.1, 0.15) is 5.82 Å². The van der Waals surface area contributed by atoms with E-state index in [1.54, 1.807) is 9.25 Å². The molecule has 2 aromatic carbocycles. The Morgan fingerprint density at radius 1 is 1.03 bits per heavy atom. The van der Waals surface area contributed by atoms with Gasteiger partial charge in [-0.05, 0) is 40.0 Å². The van der Waals surface area contributed by atoms with Gasteiger partial charge in [0.25, 0.3) is 0 Å². The normalized spacial score (nSPS) is 14.2. The summed E-state index contributed by atoms with van der Waals surface area (Å²) in [5.74, 6) is 4.07. The fourth-order valence-corrected chi connectivity index (χ4v) is 4.73. The Morgan fingerprint density at radius 3 is 2.50 bits per heavy atom. The Bertz CT molecular complexity index is 1340. The second kappa shape index (κ2) is 9.87. The molecule has 1 aliphatic rings. The maximum Gasteiger partial charge on any atom is 0.346 e. The molecule has 0 saturated heterocycles. The quantitative estimate of drug-likeness (QED) is 0.427. The highest BCUT2D eigenvalue weighted by atomic mass is 16.2. The van der Waals surface area contributed by atoms with Crippen LogP contribution < -0.4 is 5.69 Å². The Labute approximate surface area is 198 Å². The molecule has 0 unspecified atom stereocenters. The van der Waals surface area contributed by atoms with Gasteiger partial charge in [-0.2, -0.15) is 5.10 Å². The number of terminal acetylenes is 1. The molecule has 172 valence electrons. The first-order valence-electron chi connectivity index (χ1n) is 11.8. The van der Waals surface area contributed by atoms with Crippen LogP contribution in [0.1, 0.15) is 56.0 Å². The van der Waals surface area contributed by atoms with Gasteiger partial charge in [-0.1, -0.05) is 67.8 Å². The summed E-state index contributed by atoms with van der Waals surface area (Å²) in [6.07, 6.45) is 12.2. The summed E-state index contributed by atoms with van der Waals surface area (Å²) in [7, 11) is 0. The van der Waals surface area contributed by atoms with Crippen LogP contribution in [0, 0.1) is 12.3 Å². The van der Waals surface area contributed by atoms with Crippen LogP contribution in [0.2, 0.25) is 0 Å². The van der Waals surface area contributed by atoms with E-state index in [-0.39, 0.29) is 11.7 Å². The number of aromatic nitrogens is 7. The summed E-state index contributed by atoms with van der Waals surface area (Å²) in [6.45, 7) is 0.472. The van der Waals surface area contributed by atoms with Gasteiger partial charge in [0, 0.05) is 18.4 Å². The van der Waals surface area contributed by atoms with E-state index in [1.807, 2.05) is 24.3 Å². The number of nitrogens with one attached hydrogen (secondary N) is 1. The lowest BCUT2D eigenvalue weighted by Gasteiger charge is -2.20. The minimum Gasteiger partial charge on any atom is -0.274 e. The number of hydrogen-bond donors (Lipinski definition) is 1. The summed E-state index contributed by atoms with van der Waals surface area (Å²) in [6, 6.07) is 16.4. The second-order valence-corrected chi connectivity index (χ2v) is 8.72. The van der Waals surface area contributed by atoms with Crippen LogP contribution in [0.3, 0.4) is 0 Å². The van der Waals surface area contributed by atoms with Crippen molar-refractivity contribution in [1.82, 2.24) is 35.0 Å². The standard InChI is InChI=1S/C26H27N7O/c1-2-3-13-24-29-33(21-9-5-4-6-10-21)26(34)32(24)18-19-14-16-20(17-15-19)22-11-7-8-12-23(22)25-27-30-31-28-25/h1,7-8,11-12,14-17,21H,3-6,9-10,13,18H2,(H,27,28,30,31). The fourth-order valence-electron chi connectivity index (χ4n) is 4.73. The van der Waals surface area contributed by atoms with E-state index >= 15 is 0 Å². The zero-order valence-electron chi connectivity index (χ0n) is 19.0. The molecule has 0 bridgehead atoms. The largest absolute Gasteiger partial charge is 0.346 e. The molecule has 1 aliphatic carbocycles. The van der Waals surface area contributed by atoms with Crippen molar-refractivity contribution in [2.45, 2.75) is 57.5 Å². The molecule has 2 heterocycles. The number of tetrazole rings is 1. The molecule has 8 nitrogen and oxygen atoms in total. The molecule has 1 fully saturated rings. The van der Waals surface area contributed by atoms with Crippen molar-refractivity contribution in [3.05, 3.63) is 70.4 Å². The lowest BCUT2D eigenvalue weighted by molar-refractivity contribution is 0.319. The Hall–Kier alpha value is -3.99. The van der Waals surface area contributed by atoms with Crippen LogP contribution in [-0.4, -0.2) is 35.0 Å². The molecule has 0 amide bonds. The van der Waals surface area contributed by atoms with Crippen LogP contribution in [-0.2, 0) is 13.0 Å². The second-order valence-electron chi connectivity index (χ2n) is 8.72. The van der Waals surface area contributed by atoms with Gasteiger partial charge in [0.2, 0.25) is 0 Å². The van der Waals surface area contributed by atoms with E-state index < -0.39 is 0 Å². The van der Waals surface area contributed by atoms with E-state index in [9.17, 15) is 4.79 Å². The molecule has 4 aromatic rings. The Kier molecular flexibility index (Phi) is 6.34. The molecule has 1 N–H and O–H groups in total. The lowest BCUT2D eigenvalue weighted by atomic mass is 9.96. The zero-order valence-corrected chi connectivity index (χ0v) is 19.0. The van der Waals surface area contributed by atoms with Gasteiger partial charge in [-0.15, -0.1) is 17.4 Å². The first-order valence-corrected chi connectivity index (χ1v) is 11.8. The maximum atomic E-state index is 13.3. The third-order valence-electron chi connectivity index (χ3n) is 6.51. The number of hydrogen-bond acceptors (Lipinski definition) is 5. The van der Waals surface area contributed by atoms with Crippen LogP contribution in [0.5, 0.6) is 0 Å². The van der Waals surface area contributed by atoms with Crippen LogP contribution >= 0.6 is 0 Å². The first kappa shape index (κ1) is 21.8. The van der Waals surface area contributed by atoms with Gasteiger partial charge < -0.3 is 0 Å². The third-order valence-corrected chi connectivity index (χ3v) is 6.51. The van der Waals surface area contributed by atoms with Crippen LogP contribution in [0.4, 0.5) is 0 Å². The summed E-state index contributed by atoms with van der Waals surface area (Å²) in [4.78, 5) is 13.3. The highest BCUT2D eigenvalue weighted by molar-refractivity contribution is 5.80. The maximum absolute atomic E-state index is 13.3. The molecule has 34 heavy (non-hydrogen) atoms. The number of nitrogens with zero attached hydrogens (tertiary/aromatic N) is 6. The summed E-state index contributed by atoms with van der Waals surface area (Å²) in [5, 5.41) is 19.0. The molecule has 0 spiro atoms. The summed E-state index contributed by atoms with van der Waals surface area (Å²) in [5.41, 5.74) is 4.01. The van der Waals surface area contributed by atoms with Crippen molar-refractivity contribution in [1.29, 1.82) is 0 Å². The SMILES string of the molecule is C#CCCc1nn(C2CCCCC2)c(=O)n1Cc1ccc(-c2ccccc2-c2nnn[nH]2)cc1. The minimum atomic E-state index is -0.0360. The van der Waals surface area contributed by atoms with Crippen molar-refractivity contribution in [2.75, 3.05) is 0 Å². The van der Waals surface area contributed by atoms with Crippen LogP contribution in [0.15, 0.2) is 53.3 Å². The topological polar surface area (TPSA) is 94.3 Å². The van der Waals surface area contributed by atoms with Crippen molar-refractivity contribution >= 4 is 0 Å². The molecule has 1 saturated carbocycles. The average molecular weight is 454 g/mol. The van der Waals surface area contributed by atoms with Crippen molar-refractivity contribution in [2.24, 2.45) is 0 Å². The molecular weight excluding hydrogens is 426 g/mol. The van der Waals surface area contributed by atoms with Crippen molar-refractivity contribution < 1.29 is 0 Å². The number of rotatable bonds is 7. The molecule has 0 radical (unpaired) electrons. The minimum absolute atomic E-state index is 0.0360. The first-order chi connectivity index (χ1) is 16.7. The highest BCUT2D eigenvalue weighted by Crippen LogP contribution is 2.30. The van der Waals surface area contributed by atoms with Gasteiger partial charge in [0.05, 0.1) is 12.6 Å². The van der Waals surface area contributed by atoms with E-state index in [4.69, 9.17) is 11.5 Å². The molecule has 8 heteroatoms. The van der Waals surface area contributed by atoms with Crippen molar-refractivity contribution in [3.63, 3.8) is 0 Å². The number of aromatic amines is 1. The zero-order chi connectivity index (χ0) is 23.3. The number of benzene rings is 2. The molecular formula is C26H27N7O. The predicted molar refractivity (Wildman–Crippen MR) is 130 cm³/mol. The molecule has 0 atom stereocenters. The fraction of sp³-hybridized carbons (Fsp3) is 0.346. The lowest BCUT2D eigenvalue weighted by Crippen LogP contribution is -2.30. The molecule has 5 rings (SSSR count). The van der Waals surface area contributed by atoms with Gasteiger partial charge in [-0.25, -0.2) is 14.6 Å². The highest BCUT2D eigenvalue weighted by Gasteiger charge is 2.22. The number of aryl methyl sites for hydroxylation is 1. The van der Waals surface area contributed by atoms with Gasteiger partial charge in [0.15, 0.2) is 5.82 Å². The Balaban J connectivity index is 1.43. The van der Waals surface area contributed by atoms with E-state index in [2.05, 4.69) is 50.8 Å². The average Bonchev–Trinajstić information content (AvgIpc) is 3.53. The summed E-state index contributed by atoms with van der Waals surface area (Å²) < 4.78 is 3.50. The van der Waals surface area contributed by atoms with Gasteiger partial charge >= 0.3 is 5.69 Å². The van der Waals surface area contributed by atoms with Crippen LogP contribution in [0.25, 0.3) is 22.5 Å². The Morgan fingerprint density at radius 2 is 1.79 bits per heavy atom. The third kappa shape index (κ3) is 4.42. The van der Waals surface area contributed by atoms with E-state index in [1.165, 1.54) is 6.42 Å². The monoisotopic (exact) mass is 453 g/mol. The predicted octanol–water partition coefficient (Wildman–Crippen LogP) is 4.01. The van der Waals surface area contributed by atoms with Crippen molar-refractivity contribution in [3.8, 4) is 34.9 Å². The number of H-pyrrole nitrogens is 1.